The van der Waals surface area contributed by atoms with Crippen LogP contribution in [0.4, 0.5) is 11.4 Å². The molecule has 7 heteroatoms. The van der Waals surface area contributed by atoms with E-state index in [1.54, 1.807) is 36.4 Å². The zero-order valence-corrected chi connectivity index (χ0v) is 23.0. The predicted octanol–water partition coefficient (Wildman–Crippen LogP) is 6.40. The first-order valence-electron chi connectivity index (χ1n) is 12.6. The molecule has 0 bridgehead atoms. The van der Waals surface area contributed by atoms with Crippen molar-refractivity contribution in [3.05, 3.63) is 93.5 Å². The number of rotatable bonds is 3. The number of halogens is 1. The lowest BCUT2D eigenvalue weighted by molar-refractivity contribution is -0.132. The molecule has 1 saturated heterocycles. The molecule has 196 valence electrons. The number of ether oxygens (including phenoxy) is 1. The first kappa shape index (κ1) is 25.9. The third-order valence-electron chi connectivity index (χ3n) is 7.28. The normalized spacial score (nSPS) is 18.9. The molecule has 1 unspecified atom stereocenters. The quantitative estimate of drug-likeness (QED) is 0.241. The fourth-order valence-electron chi connectivity index (χ4n) is 5.10. The monoisotopic (exact) mass is 530 g/mol. The number of hydrogen-bond donors (Lipinski definition) is 1. The summed E-state index contributed by atoms with van der Waals surface area (Å²) in [4.78, 5) is 30.6. The number of aliphatic hydroxyl groups is 1. The van der Waals surface area contributed by atoms with Crippen molar-refractivity contribution >= 4 is 40.4 Å². The minimum atomic E-state index is -0.811. The summed E-state index contributed by atoms with van der Waals surface area (Å²) in [5.74, 6) is -0.935. The number of aliphatic hydroxyl groups excluding tert-OH is 1. The Balaban J connectivity index is 1.71. The number of ketones is 1. The highest BCUT2D eigenvalue weighted by atomic mass is 35.5. The van der Waals surface area contributed by atoms with Gasteiger partial charge in [0.1, 0.15) is 18.1 Å². The summed E-state index contributed by atoms with van der Waals surface area (Å²) < 4.78 is 5.74. The summed E-state index contributed by atoms with van der Waals surface area (Å²) in [6.45, 7) is 9.51. The number of nitrogens with zero attached hydrogens (tertiary/aromatic N) is 2. The van der Waals surface area contributed by atoms with E-state index in [1.165, 1.54) is 4.90 Å². The Hall–Kier alpha value is -3.77. The van der Waals surface area contributed by atoms with Crippen molar-refractivity contribution in [2.45, 2.75) is 39.2 Å². The van der Waals surface area contributed by atoms with Crippen molar-refractivity contribution in [1.29, 1.82) is 0 Å². The summed E-state index contributed by atoms with van der Waals surface area (Å²) in [7, 11) is 1.95. The van der Waals surface area contributed by atoms with Crippen molar-refractivity contribution in [2.75, 3.05) is 30.0 Å². The molecule has 1 amide bonds. The Labute approximate surface area is 228 Å². The zero-order valence-electron chi connectivity index (χ0n) is 22.2. The van der Waals surface area contributed by atoms with Crippen molar-refractivity contribution in [3.63, 3.8) is 0 Å². The molecule has 2 heterocycles. The van der Waals surface area contributed by atoms with Crippen molar-refractivity contribution in [3.8, 4) is 5.75 Å². The van der Waals surface area contributed by atoms with Gasteiger partial charge in [0.2, 0.25) is 0 Å². The third-order valence-corrected chi connectivity index (χ3v) is 7.52. The van der Waals surface area contributed by atoms with Gasteiger partial charge in [-0.25, -0.2) is 0 Å². The number of Topliss-reactive ketones (excluding diaryl/α,β-unsaturated/α-hetero) is 1. The molecule has 0 aromatic heterocycles. The van der Waals surface area contributed by atoms with E-state index in [1.807, 2.05) is 43.1 Å². The molecule has 2 aliphatic heterocycles. The largest absolute Gasteiger partial charge is 0.507 e. The van der Waals surface area contributed by atoms with Crippen LogP contribution in [0, 0.1) is 6.92 Å². The molecule has 1 fully saturated rings. The van der Waals surface area contributed by atoms with Gasteiger partial charge in [0.15, 0.2) is 0 Å². The van der Waals surface area contributed by atoms with Crippen LogP contribution < -0.4 is 14.5 Å². The van der Waals surface area contributed by atoms with E-state index in [4.69, 9.17) is 16.3 Å². The van der Waals surface area contributed by atoms with Crippen LogP contribution >= 0.6 is 11.6 Å². The van der Waals surface area contributed by atoms with Crippen molar-refractivity contribution in [2.24, 2.45) is 0 Å². The maximum absolute atomic E-state index is 13.6. The highest BCUT2D eigenvalue weighted by Crippen LogP contribution is 2.44. The number of likely N-dealkylation sites (N-methyl/N-ethyl adjacent to an activating group) is 1. The van der Waals surface area contributed by atoms with Gasteiger partial charge in [-0.2, -0.15) is 0 Å². The van der Waals surface area contributed by atoms with E-state index < -0.39 is 17.7 Å². The third kappa shape index (κ3) is 4.43. The van der Waals surface area contributed by atoms with Crippen LogP contribution in [0.2, 0.25) is 5.02 Å². The van der Waals surface area contributed by atoms with Gasteiger partial charge in [-0.3, -0.25) is 14.5 Å². The molecule has 5 rings (SSSR count). The van der Waals surface area contributed by atoms with E-state index in [0.717, 1.165) is 22.4 Å². The average Bonchev–Trinajstić information content (AvgIpc) is 3.13. The van der Waals surface area contributed by atoms with Crippen LogP contribution in [0.3, 0.4) is 0 Å². The molecule has 38 heavy (non-hydrogen) atoms. The number of amides is 1. The van der Waals surface area contributed by atoms with Crippen LogP contribution in [-0.4, -0.2) is 37.0 Å². The Morgan fingerprint density at radius 2 is 1.71 bits per heavy atom. The topological polar surface area (TPSA) is 70.1 Å². The molecule has 0 saturated carbocycles. The molecule has 0 spiro atoms. The van der Waals surface area contributed by atoms with E-state index in [9.17, 15) is 14.7 Å². The van der Waals surface area contributed by atoms with E-state index in [2.05, 4.69) is 20.8 Å². The molecule has 0 radical (unpaired) electrons. The Morgan fingerprint density at radius 3 is 2.37 bits per heavy atom. The standard InChI is InChI=1S/C31H31ClN2O4/c1-18-16-22(32)11-12-23(18)34-27(19-6-9-21(10-7-19)31(2,3)4)26(29(36)30(34)37)28(35)20-8-13-25-24(17-20)33(5)14-15-38-25/h6-13,16-17,27,35H,14-15H2,1-5H3/b28-26-. The second kappa shape index (κ2) is 9.52. The van der Waals surface area contributed by atoms with Crippen LogP contribution in [0.1, 0.15) is 49.1 Å². The highest BCUT2D eigenvalue weighted by Gasteiger charge is 2.47. The first-order chi connectivity index (χ1) is 18.0. The number of fused-ring (bicyclic) bond motifs is 1. The molecule has 2 aliphatic rings. The number of carbonyl (C=O) groups is 2. The van der Waals surface area contributed by atoms with Crippen LogP contribution in [0.5, 0.6) is 5.75 Å². The molecule has 1 atom stereocenters. The zero-order chi connectivity index (χ0) is 27.4. The number of benzene rings is 3. The van der Waals surface area contributed by atoms with Gasteiger partial charge in [-0.05, 0) is 65.4 Å². The fourth-order valence-corrected chi connectivity index (χ4v) is 5.33. The molecule has 0 aliphatic carbocycles. The van der Waals surface area contributed by atoms with Gasteiger partial charge in [0, 0.05) is 23.3 Å². The van der Waals surface area contributed by atoms with Gasteiger partial charge in [-0.15, -0.1) is 0 Å². The molecular weight excluding hydrogens is 500 g/mol. The summed E-state index contributed by atoms with van der Waals surface area (Å²) in [6.07, 6.45) is 0. The minimum absolute atomic E-state index is 0.0483. The summed E-state index contributed by atoms with van der Waals surface area (Å²) >= 11 is 6.20. The predicted molar refractivity (Wildman–Crippen MR) is 151 cm³/mol. The smallest absolute Gasteiger partial charge is 0.300 e. The number of carbonyl (C=O) groups excluding carboxylic acids is 2. The lowest BCUT2D eigenvalue weighted by Gasteiger charge is -2.29. The first-order valence-corrected chi connectivity index (χ1v) is 13.0. The fraction of sp³-hybridized carbons (Fsp3) is 0.290. The second-order valence-corrected chi connectivity index (χ2v) is 11.4. The Morgan fingerprint density at radius 1 is 1.00 bits per heavy atom. The summed E-state index contributed by atoms with van der Waals surface area (Å²) in [5, 5.41) is 12.1. The highest BCUT2D eigenvalue weighted by molar-refractivity contribution is 6.51. The van der Waals surface area contributed by atoms with Gasteiger partial charge in [0.25, 0.3) is 11.7 Å². The number of anilines is 2. The average molecular weight is 531 g/mol. The molecule has 1 N–H and O–H groups in total. The van der Waals surface area contributed by atoms with Gasteiger partial charge >= 0.3 is 0 Å². The molecule has 3 aromatic carbocycles. The van der Waals surface area contributed by atoms with Crippen LogP contribution in [-0.2, 0) is 15.0 Å². The lowest BCUT2D eigenvalue weighted by atomic mass is 9.85. The van der Waals surface area contributed by atoms with Gasteiger partial charge < -0.3 is 14.7 Å². The second-order valence-electron chi connectivity index (χ2n) is 10.9. The van der Waals surface area contributed by atoms with E-state index in [0.29, 0.717) is 35.2 Å². The van der Waals surface area contributed by atoms with Crippen molar-refractivity contribution in [1.82, 2.24) is 0 Å². The SMILES string of the molecule is Cc1cc(Cl)ccc1N1C(=O)C(=O)/C(=C(\O)c2ccc3c(c2)N(C)CCO3)C1c1ccc(C(C)(C)C)cc1. The maximum atomic E-state index is 13.6. The molecular formula is C31H31ClN2O4. The summed E-state index contributed by atoms with van der Waals surface area (Å²) in [6, 6.07) is 17.6. The lowest BCUT2D eigenvalue weighted by Crippen LogP contribution is -2.30. The van der Waals surface area contributed by atoms with E-state index in [-0.39, 0.29) is 16.7 Å². The van der Waals surface area contributed by atoms with Crippen LogP contribution in [0.25, 0.3) is 5.76 Å². The van der Waals surface area contributed by atoms with E-state index >= 15 is 0 Å². The number of hydrogen-bond acceptors (Lipinski definition) is 5. The van der Waals surface area contributed by atoms with Gasteiger partial charge in [0.05, 0.1) is 23.8 Å². The Kier molecular flexibility index (Phi) is 6.48. The minimum Gasteiger partial charge on any atom is -0.507 e. The maximum Gasteiger partial charge on any atom is 0.300 e. The van der Waals surface area contributed by atoms with Gasteiger partial charge in [-0.1, -0.05) is 56.6 Å². The molecule has 6 nitrogen and oxygen atoms in total. The van der Waals surface area contributed by atoms with Crippen LogP contribution in [0.15, 0.2) is 66.2 Å². The number of aryl methyl sites for hydroxylation is 1. The Bertz CT molecular complexity index is 1470. The van der Waals surface area contributed by atoms with Crippen molar-refractivity contribution < 1.29 is 19.4 Å². The molecule has 3 aromatic rings. The summed E-state index contributed by atoms with van der Waals surface area (Å²) in [5.41, 5.74) is 4.42.